The minimum Gasteiger partial charge on any atom is -0.398 e. The number of methoxy groups -OCH3 is 1. The fraction of sp³-hybridized carbons (Fsp3) is 0.400. The first-order valence-corrected chi connectivity index (χ1v) is 5.90. The van der Waals surface area contributed by atoms with Crippen molar-refractivity contribution in [2.24, 2.45) is 0 Å². The molecule has 1 rings (SSSR count). The topological polar surface area (TPSA) is 52.3 Å². The van der Waals surface area contributed by atoms with E-state index in [0.717, 1.165) is 5.56 Å². The largest absolute Gasteiger partial charge is 0.398 e. The highest BCUT2D eigenvalue weighted by Crippen LogP contribution is 2.12. The number of ether oxygens (including phenoxy) is 1. The number of para-hydroxylation sites is 1. The first-order valence-electron chi connectivity index (χ1n) is 4.41. The lowest BCUT2D eigenvalue weighted by atomic mass is 10.2. The van der Waals surface area contributed by atoms with Crippen LogP contribution >= 0.6 is 0 Å². The molecule has 78 valence electrons. The fourth-order valence-corrected chi connectivity index (χ4v) is 2.19. The van der Waals surface area contributed by atoms with Crippen molar-refractivity contribution >= 4 is 16.5 Å². The molecule has 0 fully saturated rings. The predicted molar refractivity (Wildman–Crippen MR) is 59.4 cm³/mol. The molecule has 1 aromatic carbocycles. The fourth-order valence-electron chi connectivity index (χ4n) is 1.09. The van der Waals surface area contributed by atoms with E-state index in [2.05, 4.69) is 0 Å². The van der Waals surface area contributed by atoms with Gasteiger partial charge in [0, 0.05) is 29.3 Å². The third-order valence-electron chi connectivity index (χ3n) is 1.89. The van der Waals surface area contributed by atoms with Crippen molar-refractivity contribution in [1.82, 2.24) is 0 Å². The van der Waals surface area contributed by atoms with E-state index in [1.807, 2.05) is 24.3 Å². The molecule has 1 atom stereocenters. The molecule has 4 heteroatoms. The molecule has 1 aromatic rings. The molecule has 0 amide bonds. The van der Waals surface area contributed by atoms with Crippen LogP contribution in [0.4, 0.5) is 5.69 Å². The molecule has 0 saturated carbocycles. The summed E-state index contributed by atoms with van der Waals surface area (Å²) in [6, 6.07) is 7.50. The number of hydrogen-bond acceptors (Lipinski definition) is 3. The van der Waals surface area contributed by atoms with E-state index >= 15 is 0 Å². The molecule has 0 aliphatic heterocycles. The van der Waals surface area contributed by atoms with E-state index in [9.17, 15) is 4.21 Å². The third kappa shape index (κ3) is 3.47. The van der Waals surface area contributed by atoms with E-state index < -0.39 is 10.8 Å². The summed E-state index contributed by atoms with van der Waals surface area (Å²) in [5, 5.41) is 0. The van der Waals surface area contributed by atoms with Gasteiger partial charge in [-0.1, -0.05) is 18.2 Å². The minimum atomic E-state index is -0.886. The Labute approximate surface area is 86.7 Å². The van der Waals surface area contributed by atoms with Gasteiger partial charge in [-0.3, -0.25) is 4.21 Å². The molecule has 2 N–H and O–H groups in total. The summed E-state index contributed by atoms with van der Waals surface area (Å²) < 4.78 is 16.4. The average molecular weight is 213 g/mol. The quantitative estimate of drug-likeness (QED) is 0.747. The maximum atomic E-state index is 11.5. The van der Waals surface area contributed by atoms with Gasteiger partial charge in [0.1, 0.15) is 0 Å². The molecule has 0 heterocycles. The summed E-state index contributed by atoms with van der Waals surface area (Å²) in [5.41, 5.74) is 7.38. The Hall–Kier alpha value is -0.870. The summed E-state index contributed by atoms with van der Waals surface area (Å²) in [5.74, 6) is 1.07. The highest BCUT2D eigenvalue weighted by Gasteiger charge is 2.03. The second kappa shape index (κ2) is 5.78. The van der Waals surface area contributed by atoms with Crippen LogP contribution < -0.4 is 5.73 Å². The molecule has 0 saturated heterocycles. The zero-order chi connectivity index (χ0) is 10.4. The summed E-state index contributed by atoms with van der Waals surface area (Å²) >= 11 is 0. The van der Waals surface area contributed by atoms with Crippen molar-refractivity contribution in [1.29, 1.82) is 0 Å². The zero-order valence-corrected chi connectivity index (χ0v) is 9.05. The predicted octanol–water partition coefficient (Wildman–Crippen LogP) is 1.16. The molecule has 0 radical (unpaired) electrons. The van der Waals surface area contributed by atoms with Crippen molar-refractivity contribution in [3.63, 3.8) is 0 Å². The maximum absolute atomic E-state index is 11.5. The molecule has 0 bridgehead atoms. The van der Waals surface area contributed by atoms with E-state index in [4.69, 9.17) is 10.5 Å². The van der Waals surface area contributed by atoms with Gasteiger partial charge in [0.15, 0.2) is 0 Å². The van der Waals surface area contributed by atoms with Crippen LogP contribution in [0.15, 0.2) is 24.3 Å². The third-order valence-corrected chi connectivity index (χ3v) is 3.14. The number of anilines is 1. The van der Waals surface area contributed by atoms with E-state index in [1.54, 1.807) is 7.11 Å². The van der Waals surface area contributed by atoms with Gasteiger partial charge >= 0.3 is 0 Å². The lowest BCUT2D eigenvalue weighted by Crippen LogP contribution is -2.07. The molecule has 0 aliphatic rings. The standard InChI is InChI=1S/C10H15NO2S/c1-13-6-7-14(12)8-9-4-2-3-5-10(9)11/h2-5H,6-8,11H2,1H3. The molecule has 0 aromatic heterocycles. The van der Waals surface area contributed by atoms with Crippen LogP contribution in [0.3, 0.4) is 0 Å². The number of hydrogen-bond donors (Lipinski definition) is 1. The highest BCUT2D eigenvalue weighted by molar-refractivity contribution is 7.84. The molecule has 0 spiro atoms. The number of nitrogens with two attached hydrogens (primary N) is 1. The van der Waals surface area contributed by atoms with Crippen molar-refractivity contribution in [3.8, 4) is 0 Å². The zero-order valence-electron chi connectivity index (χ0n) is 8.23. The maximum Gasteiger partial charge on any atom is 0.0577 e. The molecule has 14 heavy (non-hydrogen) atoms. The smallest absolute Gasteiger partial charge is 0.0577 e. The highest BCUT2D eigenvalue weighted by atomic mass is 32.2. The molecule has 3 nitrogen and oxygen atoms in total. The molecule has 0 aliphatic carbocycles. The van der Waals surface area contributed by atoms with E-state index in [-0.39, 0.29) is 0 Å². The first-order chi connectivity index (χ1) is 6.74. The van der Waals surface area contributed by atoms with Crippen molar-refractivity contribution in [3.05, 3.63) is 29.8 Å². The normalized spacial score (nSPS) is 12.6. The Morgan fingerprint density at radius 2 is 2.14 bits per heavy atom. The number of benzene rings is 1. The summed E-state index contributed by atoms with van der Waals surface area (Å²) in [6.07, 6.45) is 0. The minimum absolute atomic E-state index is 0.510. The Morgan fingerprint density at radius 1 is 1.43 bits per heavy atom. The Bertz CT molecular complexity index is 315. The van der Waals surface area contributed by atoms with Crippen LogP contribution in [-0.2, 0) is 21.3 Å². The Balaban J connectivity index is 2.52. The molecular weight excluding hydrogens is 198 g/mol. The monoisotopic (exact) mass is 213 g/mol. The lowest BCUT2D eigenvalue weighted by molar-refractivity contribution is 0.218. The van der Waals surface area contributed by atoms with Crippen LogP contribution in [0.5, 0.6) is 0 Å². The van der Waals surface area contributed by atoms with Crippen LogP contribution in [0.25, 0.3) is 0 Å². The van der Waals surface area contributed by atoms with Gasteiger partial charge in [-0.25, -0.2) is 0 Å². The van der Waals surface area contributed by atoms with Crippen molar-refractivity contribution in [2.45, 2.75) is 5.75 Å². The van der Waals surface area contributed by atoms with Gasteiger partial charge < -0.3 is 10.5 Å². The van der Waals surface area contributed by atoms with Gasteiger partial charge in [-0.05, 0) is 11.6 Å². The van der Waals surface area contributed by atoms with Crippen LogP contribution in [0, 0.1) is 0 Å². The van der Waals surface area contributed by atoms with Crippen molar-refractivity contribution in [2.75, 3.05) is 25.2 Å². The summed E-state index contributed by atoms with van der Waals surface area (Å²) in [6.45, 7) is 0.527. The second-order valence-electron chi connectivity index (χ2n) is 2.98. The lowest BCUT2D eigenvalue weighted by Gasteiger charge is -2.04. The van der Waals surface area contributed by atoms with Crippen LogP contribution in [0.2, 0.25) is 0 Å². The first kappa shape index (κ1) is 11.2. The van der Waals surface area contributed by atoms with E-state index in [0.29, 0.717) is 23.8 Å². The Kier molecular flexibility index (Phi) is 4.62. The SMILES string of the molecule is COCCS(=O)Cc1ccccc1N. The van der Waals surface area contributed by atoms with Crippen LogP contribution in [-0.4, -0.2) is 23.7 Å². The molecular formula is C10H15NO2S. The summed E-state index contributed by atoms with van der Waals surface area (Å²) in [7, 11) is 0.719. The number of nitrogen functional groups attached to an aromatic ring is 1. The Morgan fingerprint density at radius 3 is 2.79 bits per heavy atom. The van der Waals surface area contributed by atoms with E-state index in [1.165, 1.54) is 0 Å². The molecule has 1 unspecified atom stereocenters. The van der Waals surface area contributed by atoms with Gasteiger partial charge in [-0.2, -0.15) is 0 Å². The second-order valence-corrected chi connectivity index (χ2v) is 4.56. The summed E-state index contributed by atoms with van der Waals surface area (Å²) in [4.78, 5) is 0. The number of rotatable bonds is 5. The van der Waals surface area contributed by atoms with Crippen LogP contribution in [0.1, 0.15) is 5.56 Å². The van der Waals surface area contributed by atoms with Gasteiger partial charge in [0.05, 0.1) is 12.4 Å². The van der Waals surface area contributed by atoms with Gasteiger partial charge in [0.2, 0.25) is 0 Å². The van der Waals surface area contributed by atoms with Gasteiger partial charge in [-0.15, -0.1) is 0 Å². The van der Waals surface area contributed by atoms with Crippen molar-refractivity contribution < 1.29 is 8.95 Å². The average Bonchev–Trinajstić information content (AvgIpc) is 2.18. The van der Waals surface area contributed by atoms with Gasteiger partial charge in [0.25, 0.3) is 0 Å².